The van der Waals surface area contributed by atoms with Gasteiger partial charge in [0.1, 0.15) is 0 Å². The van der Waals surface area contributed by atoms with E-state index in [1.807, 2.05) is 0 Å². The highest BCUT2D eigenvalue weighted by molar-refractivity contribution is 6.03. The molecule has 0 fully saturated rings. The minimum Gasteiger partial charge on any atom is -0.354 e. The van der Waals surface area contributed by atoms with Crippen LogP contribution in [0.1, 0.15) is 44.5 Å². The summed E-state index contributed by atoms with van der Waals surface area (Å²) in [5, 5.41) is 4.10. The highest BCUT2D eigenvalue weighted by Gasteiger charge is 2.53. The van der Waals surface area contributed by atoms with E-state index in [0.29, 0.717) is 0 Å². The van der Waals surface area contributed by atoms with Crippen LogP contribution in [0.4, 0.5) is 11.4 Å². The lowest BCUT2D eigenvalue weighted by atomic mass is 9.70. The maximum Gasteiger partial charge on any atom is 0.0726 e. The van der Waals surface area contributed by atoms with Gasteiger partial charge in [0, 0.05) is 22.5 Å². The molecule has 2 spiro atoms. The number of rotatable bonds is 2. The van der Waals surface area contributed by atoms with Crippen LogP contribution in [0.15, 0.2) is 182 Å². The van der Waals surface area contributed by atoms with Gasteiger partial charge in [0.15, 0.2) is 0 Å². The number of fused-ring (bicyclic) bond motifs is 20. The minimum atomic E-state index is -0.372. The van der Waals surface area contributed by atoms with E-state index in [2.05, 4.69) is 187 Å². The second-order valence-corrected chi connectivity index (χ2v) is 14.4. The monoisotopic (exact) mass is 645 g/mol. The van der Waals surface area contributed by atoms with Gasteiger partial charge in [-0.15, -0.1) is 0 Å². The topological polar surface area (TPSA) is 12.0 Å². The maximum atomic E-state index is 4.10. The van der Waals surface area contributed by atoms with E-state index in [1.165, 1.54) is 89.0 Å². The molecule has 0 aliphatic heterocycles. The number of hydrogen-bond acceptors (Lipinski definition) is 1. The van der Waals surface area contributed by atoms with E-state index in [4.69, 9.17) is 0 Å². The smallest absolute Gasteiger partial charge is 0.0726 e. The Morgan fingerprint density at radius 3 is 0.824 bits per heavy atom. The van der Waals surface area contributed by atoms with Crippen molar-refractivity contribution in [3.63, 3.8) is 0 Å². The first kappa shape index (κ1) is 27.4. The van der Waals surface area contributed by atoms with Crippen molar-refractivity contribution >= 4 is 11.4 Å². The van der Waals surface area contributed by atoms with Crippen LogP contribution in [0.3, 0.4) is 0 Å². The van der Waals surface area contributed by atoms with Crippen LogP contribution >= 0.6 is 0 Å². The van der Waals surface area contributed by atoms with Crippen molar-refractivity contribution in [2.24, 2.45) is 0 Å². The molecule has 0 heterocycles. The molecule has 1 N–H and O–H groups in total. The molecule has 1 nitrogen and oxygen atoms in total. The van der Waals surface area contributed by atoms with Crippen molar-refractivity contribution < 1.29 is 0 Å². The summed E-state index contributed by atoms with van der Waals surface area (Å²) in [4.78, 5) is 0. The molecule has 0 radical (unpaired) electrons. The predicted molar refractivity (Wildman–Crippen MR) is 209 cm³/mol. The normalized spacial score (nSPS) is 15.0. The fourth-order valence-electron chi connectivity index (χ4n) is 10.6. The molecule has 0 amide bonds. The molecule has 0 saturated heterocycles. The largest absolute Gasteiger partial charge is 0.354 e. The SMILES string of the molecule is c1ccc2c(c1)-c1ccccc1C21c2ccccc2-c2c(Nc3cccc4c3-c3ccccc3C43c4ccccc4-c4ccccc43)cccc21. The molecule has 4 aliphatic carbocycles. The molecule has 12 rings (SSSR count). The van der Waals surface area contributed by atoms with Crippen LogP contribution < -0.4 is 5.32 Å². The van der Waals surface area contributed by atoms with Gasteiger partial charge in [0.05, 0.1) is 10.8 Å². The number of hydrogen-bond donors (Lipinski definition) is 1. The van der Waals surface area contributed by atoms with Crippen LogP contribution in [-0.4, -0.2) is 0 Å². The van der Waals surface area contributed by atoms with Gasteiger partial charge >= 0.3 is 0 Å². The van der Waals surface area contributed by atoms with Gasteiger partial charge in [0.25, 0.3) is 0 Å². The number of anilines is 2. The molecular formula is C50H31N. The molecule has 0 atom stereocenters. The Kier molecular flexibility index (Phi) is 5.17. The summed E-state index contributed by atoms with van der Waals surface area (Å²) in [6, 6.07) is 68.0. The zero-order valence-electron chi connectivity index (χ0n) is 27.8. The molecule has 0 saturated carbocycles. The van der Waals surface area contributed by atoms with Crippen molar-refractivity contribution in [2.45, 2.75) is 10.8 Å². The Hall–Kier alpha value is -6.44. The van der Waals surface area contributed by atoms with Crippen LogP contribution in [0.2, 0.25) is 0 Å². The molecule has 0 unspecified atom stereocenters. The molecule has 1 heteroatoms. The van der Waals surface area contributed by atoms with Gasteiger partial charge < -0.3 is 5.32 Å². The summed E-state index contributed by atoms with van der Waals surface area (Å²) in [7, 11) is 0. The van der Waals surface area contributed by atoms with Gasteiger partial charge in [-0.1, -0.05) is 170 Å². The lowest BCUT2D eigenvalue weighted by Gasteiger charge is -2.30. The molecule has 8 aromatic carbocycles. The molecular weight excluding hydrogens is 615 g/mol. The Balaban J connectivity index is 1.11. The Bertz CT molecular complexity index is 2520. The molecule has 8 aromatic rings. The third-order valence-corrected chi connectivity index (χ3v) is 12.3. The van der Waals surface area contributed by atoms with Crippen LogP contribution in [0, 0.1) is 0 Å². The van der Waals surface area contributed by atoms with Crippen molar-refractivity contribution in [3.8, 4) is 44.5 Å². The molecule has 0 bridgehead atoms. The third kappa shape index (κ3) is 3.11. The Morgan fingerprint density at radius 1 is 0.235 bits per heavy atom. The average molecular weight is 646 g/mol. The van der Waals surface area contributed by atoms with E-state index < -0.39 is 0 Å². The van der Waals surface area contributed by atoms with E-state index in [9.17, 15) is 0 Å². The standard InChI is InChI=1S/C50H31N/c1-7-21-37-31(15-1)32-16-2-8-22-38(32)49(37)41-25-11-5-19-35(41)47-43(49)27-13-29-45(47)51-46-30-14-28-44-48(46)36-20-6-12-26-42(36)50(44)39-23-9-3-17-33(39)34-18-4-10-24-40(34)50/h1-30,51H. The zero-order valence-corrected chi connectivity index (χ0v) is 27.8. The molecule has 236 valence electrons. The van der Waals surface area contributed by atoms with Crippen molar-refractivity contribution in [1.29, 1.82) is 0 Å². The van der Waals surface area contributed by atoms with Crippen LogP contribution in [-0.2, 0) is 10.8 Å². The minimum absolute atomic E-state index is 0.372. The summed E-state index contributed by atoms with van der Waals surface area (Å²) in [5.74, 6) is 0. The van der Waals surface area contributed by atoms with Gasteiger partial charge in [-0.05, 0) is 90.0 Å². The van der Waals surface area contributed by atoms with Gasteiger partial charge in [-0.2, -0.15) is 0 Å². The second kappa shape index (κ2) is 9.62. The summed E-state index contributed by atoms with van der Waals surface area (Å²) in [6.45, 7) is 0. The van der Waals surface area contributed by atoms with E-state index in [0.717, 1.165) is 11.4 Å². The van der Waals surface area contributed by atoms with E-state index >= 15 is 0 Å². The lowest BCUT2D eigenvalue weighted by molar-refractivity contribution is 0.793. The average Bonchev–Trinajstić information content (AvgIpc) is 3.88. The van der Waals surface area contributed by atoms with Gasteiger partial charge in [-0.25, -0.2) is 0 Å². The maximum absolute atomic E-state index is 4.10. The van der Waals surface area contributed by atoms with Gasteiger partial charge in [-0.3, -0.25) is 0 Å². The van der Waals surface area contributed by atoms with E-state index in [-0.39, 0.29) is 10.8 Å². The third-order valence-electron chi connectivity index (χ3n) is 12.3. The molecule has 4 aliphatic rings. The fourth-order valence-corrected chi connectivity index (χ4v) is 10.6. The van der Waals surface area contributed by atoms with E-state index in [1.54, 1.807) is 0 Å². The molecule has 51 heavy (non-hydrogen) atoms. The fraction of sp³-hybridized carbons (Fsp3) is 0.0400. The highest BCUT2D eigenvalue weighted by atomic mass is 14.9. The van der Waals surface area contributed by atoms with Crippen molar-refractivity contribution in [2.75, 3.05) is 5.32 Å². The Morgan fingerprint density at radius 2 is 0.490 bits per heavy atom. The van der Waals surface area contributed by atoms with Gasteiger partial charge in [0.2, 0.25) is 0 Å². The first-order valence-electron chi connectivity index (χ1n) is 18.0. The quantitative estimate of drug-likeness (QED) is 0.197. The second-order valence-electron chi connectivity index (χ2n) is 14.4. The lowest BCUT2D eigenvalue weighted by Crippen LogP contribution is -2.25. The number of benzene rings is 8. The first-order chi connectivity index (χ1) is 25.3. The summed E-state index contributed by atoms with van der Waals surface area (Å²) in [5.41, 5.74) is 22.9. The van der Waals surface area contributed by atoms with Crippen molar-refractivity contribution in [3.05, 3.63) is 226 Å². The van der Waals surface area contributed by atoms with Crippen molar-refractivity contribution in [1.82, 2.24) is 0 Å². The first-order valence-corrected chi connectivity index (χ1v) is 18.0. The molecule has 0 aromatic heterocycles. The Labute approximate surface area is 297 Å². The summed E-state index contributed by atoms with van der Waals surface area (Å²) in [6.07, 6.45) is 0. The van der Waals surface area contributed by atoms with Crippen LogP contribution in [0.25, 0.3) is 44.5 Å². The zero-order chi connectivity index (χ0) is 33.3. The summed E-state index contributed by atoms with van der Waals surface area (Å²) >= 11 is 0. The predicted octanol–water partition coefficient (Wildman–Crippen LogP) is 12.1. The van der Waals surface area contributed by atoms with Crippen LogP contribution in [0.5, 0.6) is 0 Å². The summed E-state index contributed by atoms with van der Waals surface area (Å²) < 4.78 is 0. The highest BCUT2D eigenvalue weighted by Crippen LogP contribution is 2.66. The number of nitrogens with one attached hydrogen (secondary N) is 1.